The lowest BCUT2D eigenvalue weighted by Crippen LogP contribution is -2.04. The molecule has 0 saturated carbocycles. The van der Waals surface area contributed by atoms with Gasteiger partial charge in [0.15, 0.2) is 0 Å². The smallest absolute Gasteiger partial charge is 0.119 e. The Morgan fingerprint density at radius 3 is 2.12 bits per heavy atom. The van der Waals surface area contributed by atoms with Crippen molar-refractivity contribution in [1.82, 2.24) is 0 Å². The van der Waals surface area contributed by atoms with Crippen molar-refractivity contribution in [1.29, 1.82) is 0 Å². The van der Waals surface area contributed by atoms with E-state index < -0.39 is 0 Å². The maximum atomic E-state index is 5.69. The molecule has 128 valence electrons. The van der Waals surface area contributed by atoms with E-state index in [2.05, 4.69) is 57.0 Å². The Morgan fingerprint density at radius 1 is 0.875 bits per heavy atom. The van der Waals surface area contributed by atoms with Crippen LogP contribution in [0.4, 0.5) is 5.69 Å². The van der Waals surface area contributed by atoms with Gasteiger partial charge in [-0.25, -0.2) is 0 Å². The zero-order valence-electron chi connectivity index (χ0n) is 15.3. The van der Waals surface area contributed by atoms with E-state index in [4.69, 9.17) is 4.74 Å². The summed E-state index contributed by atoms with van der Waals surface area (Å²) in [6.45, 7) is 9.57. The summed E-state index contributed by atoms with van der Waals surface area (Å²) in [6.07, 6.45) is 4.27. The number of hydrogen-bond acceptors (Lipinski definition) is 2. The molecule has 2 heteroatoms. The average molecular weight is 323 g/mol. The van der Waals surface area contributed by atoms with Crippen LogP contribution in [0.15, 0.2) is 53.5 Å². The topological polar surface area (TPSA) is 21.6 Å². The number of rotatable bonds is 8. The highest BCUT2D eigenvalue weighted by Gasteiger charge is 1.98. The Labute approximate surface area is 146 Å². The molecule has 0 fully saturated rings. The zero-order valence-corrected chi connectivity index (χ0v) is 15.3. The number of ether oxygens (including phenoxy) is 1. The van der Waals surface area contributed by atoms with E-state index in [0.29, 0.717) is 5.92 Å². The average Bonchev–Trinajstić information content (AvgIpc) is 2.58. The van der Waals surface area contributed by atoms with E-state index in [1.807, 2.05) is 30.5 Å². The van der Waals surface area contributed by atoms with Gasteiger partial charge in [-0.3, -0.25) is 4.99 Å². The van der Waals surface area contributed by atoms with Gasteiger partial charge in [0.25, 0.3) is 0 Å². The molecule has 0 atom stereocenters. The first kappa shape index (κ1) is 18.3. The highest BCUT2D eigenvalue weighted by Crippen LogP contribution is 2.17. The molecule has 0 heterocycles. The van der Waals surface area contributed by atoms with Gasteiger partial charge in [-0.1, -0.05) is 39.8 Å². The van der Waals surface area contributed by atoms with Crippen molar-refractivity contribution in [2.75, 3.05) is 6.61 Å². The van der Waals surface area contributed by atoms with E-state index >= 15 is 0 Å². The number of nitrogens with zero attached hydrogens (tertiary/aromatic N) is 1. The van der Waals surface area contributed by atoms with Crippen molar-refractivity contribution in [3.05, 3.63) is 59.7 Å². The van der Waals surface area contributed by atoms with Gasteiger partial charge in [0, 0.05) is 6.21 Å². The summed E-state index contributed by atoms with van der Waals surface area (Å²) in [6, 6.07) is 16.6. The molecule has 0 amide bonds. The Morgan fingerprint density at radius 2 is 1.54 bits per heavy atom. The van der Waals surface area contributed by atoms with Gasteiger partial charge < -0.3 is 4.74 Å². The van der Waals surface area contributed by atoms with Crippen molar-refractivity contribution < 1.29 is 4.74 Å². The molecule has 2 rings (SSSR count). The summed E-state index contributed by atoms with van der Waals surface area (Å²) in [5.41, 5.74) is 3.45. The molecule has 0 saturated heterocycles. The molecule has 2 aromatic rings. The normalized spacial score (nSPS) is 11.6. The molecule has 0 aliphatic carbocycles. The van der Waals surface area contributed by atoms with E-state index in [-0.39, 0.29) is 0 Å². The summed E-state index contributed by atoms with van der Waals surface area (Å²) < 4.78 is 5.69. The lowest BCUT2D eigenvalue weighted by molar-refractivity contribution is 0.271. The third-order valence-electron chi connectivity index (χ3n) is 3.77. The number of aryl methyl sites for hydroxylation is 1. The van der Waals surface area contributed by atoms with Crippen LogP contribution in [0.5, 0.6) is 5.75 Å². The van der Waals surface area contributed by atoms with Crippen molar-refractivity contribution in [2.45, 2.75) is 40.5 Å². The van der Waals surface area contributed by atoms with Crippen molar-refractivity contribution in [2.24, 2.45) is 16.8 Å². The van der Waals surface area contributed by atoms with Crippen molar-refractivity contribution in [3.63, 3.8) is 0 Å². The van der Waals surface area contributed by atoms with E-state index in [1.54, 1.807) is 0 Å². The molecule has 0 N–H and O–H groups in total. The van der Waals surface area contributed by atoms with Gasteiger partial charge in [-0.15, -0.1) is 0 Å². The maximum Gasteiger partial charge on any atom is 0.119 e. The fourth-order valence-corrected chi connectivity index (χ4v) is 2.27. The molecular weight excluding hydrogens is 294 g/mol. The van der Waals surface area contributed by atoms with Crippen molar-refractivity contribution in [3.8, 4) is 5.75 Å². The van der Waals surface area contributed by atoms with Crippen LogP contribution in [0.2, 0.25) is 0 Å². The Hall–Kier alpha value is -2.09. The molecular formula is C22H29NO. The lowest BCUT2D eigenvalue weighted by Gasteiger charge is -2.08. The summed E-state index contributed by atoms with van der Waals surface area (Å²) in [4.78, 5) is 4.55. The Balaban J connectivity index is 1.90. The Kier molecular flexibility index (Phi) is 7.05. The summed E-state index contributed by atoms with van der Waals surface area (Å²) in [7, 11) is 0. The van der Waals surface area contributed by atoms with Gasteiger partial charge in [0.1, 0.15) is 5.75 Å². The summed E-state index contributed by atoms with van der Waals surface area (Å²) in [5.74, 6) is 2.19. The zero-order chi connectivity index (χ0) is 17.4. The second kappa shape index (κ2) is 9.27. The predicted molar refractivity (Wildman–Crippen MR) is 104 cm³/mol. The number of benzene rings is 2. The molecule has 0 spiro atoms. The SMILES string of the molecule is CC(C)CCc1ccc(N=Cc2ccc(OCC(C)C)cc2)cc1. The molecule has 0 aromatic heterocycles. The van der Waals surface area contributed by atoms with Crippen LogP contribution in [0.1, 0.15) is 45.2 Å². The van der Waals surface area contributed by atoms with Gasteiger partial charge >= 0.3 is 0 Å². The molecule has 0 aliphatic rings. The highest BCUT2D eigenvalue weighted by atomic mass is 16.5. The van der Waals surface area contributed by atoms with Crippen LogP contribution in [0.25, 0.3) is 0 Å². The minimum Gasteiger partial charge on any atom is -0.493 e. The second-order valence-electron chi connectivity index (χ2n) is 7.13. The van der Waals surface area contributed by atoms with Crippen LogP contribution in [-0.4, -0.2) is 12.8 Å². The molecule has 2 aromatic carbocycles. The first-order valence-corrected chi connectivity index (χ1v) is 8.89. The van der Waals surface area contributed by atoms with E-state index in [9.17, 15) is 0 Å². The first-order valence-electron chi connectivity index (χ1n) is 8.89. The second-order valence-corrected chi connectivity index (χ2v) is 7.13. The van der Waals surface area contributed by atoms with Crippen LogP contribution >= 0.6 is 0 Å². The van der Waals surface area contributed by atoms with Gasteiger partial charge in [-0.05, 0) is 72.2 Å². The van der Waals surface area contributed by atoms with Gasteiger partial charge in [0.2, 0.25) is 0 Å². The first-order chi connectivity index (χ1) is 11.5. The molecule has 0 unspecified atom stereocenters. The van der Waals surface area contributed by atoms with Gasteiger partial charge in [-0.2, -0.15) is 0 Å². The molecule has 2 nitrogen and oxygen atoms in total. The monoisotopic (exact) mass is 323 g/mol. The van der Waals surface area contributed by atoms with Crippen LogP contribution in [0.3, 0.4) is 0 Å². The van der Waals surface area contributed by atoms with Crippen LogP contribution < -0.4 is 4.74 Å². The third kappa shape index (κ3) is 6.57. The molecule has 0 aliphatic heterocycles. The van der Waals surface area contributed by atoms with Crippen LogP contribution in [0, 0.1) is 11.8 Å². The molecule has 0 bridgehead atoms. The Bertz CT molecular complexity index is 567. The largest absolute Gasteiger partial charge is 0.493 e. The molecule has 24 heavy (non-hydrogen) atoms. The minimum atomic E-state index is 0.537. The maximum absolute atomic E-state index is 5.69. The summed E-state index contributed by atoms with van der Waals surface area (Å²) >= 11 is 0. The molecule has 0 radical (unpaired) electrons. The van der Waals surface area contributed by atoms with E-state index in [1.165, 1.54) is 12.0 Å². The van der Waals surface area contributed by atoms with Gasteiger partial charge in [0.05, 0.1) is 12.3 Å². The predicted octanol–water partition coefficient (Wildman–Crippen LogP) is 6.06. The number of aliphatic imine (C=N–C) groups is 1. The third-order valence-corrected chi connectivity index (χ3v) is 3.77. The lowest BCUT2D eigenvalue weighted by atomic mass is 10.0. The fraction of sp³-hybridized carbons (Fsp3) is 0.409. The standard InChI is InChI=1S/C22H29NO/c1-17(2)5-6-19-7-11-21(12-8-19)23-15-20-9-13-22(14-10-20)24-16-18(3)4/h7-15,17-18H,5-6,16H2,1-4H3. The highest BCUT2D eigenvalue weighted by molar-refractivity contribution is 5.82. The van der Waals surface area contributed by atoms with Crippen molar-refractivity contribution >= 4 is 11.9 Å². The van der Waals surface area contributed by atoms with E-state index in [0.717, 1.165) is 35.9 Å². The minimum absolute atomic E-state index is 0.537. The number of hydrogen-bond donors (Lipinski definition) is 0. The quantitative estimate of drug-likeness (QED) is 0.541. The summed E-state index contributed by atoms with van der Waals surface area (Å²) in [5, 5.41) is 0. The fourth-order valence-electron chi connectivity index (χ4n) is 2.27. The van der Waals surface area contributed by atoms with Crippen LogP contribution in [-0.2, 0) is 6.42 Å².